The average molecular weight is 425 g/mol. The molecular weight excluding hydrogens is 388 g/mol. The molecule has 0 aromatic heterocycles. The summed E-state index contributed by atoms with van der Waals surface area (Å²) in [4.78, 5) is 53.2. The molecule has 0 radical (unpaired) electrons. The van der Waals surface area contributed by atoms with Gasteiger partial charge in [-0.1, -0.05) is 0 Å². The molecule has 2 aliphatic heterocycles. The Hall–Kier alpha value is -2.12. The number of carbonyl (C=O) groups is 4. The highest BCUT2D eigenvalue weighted by molar-refractivity contribution is 5.94. The molecule has 8 nitrogen and oxygen atoms in total. The zero-order valence-electron chi connectivity index (χ0n) is 19.2. The van der Waals surface area contributed by atoms with Crippen molar-refractivity contribution in [1.29, 1.82) is 0 Å². The molecule has 0 bridgehead atoms. The minimum Gasteiger partial charge on any atom is -0.444 e. The van der Waals surface area contributed by atoms with Crippen molar-refractivity contribution in [2.45, 2.75) is 103 Å². The predicted molar refractivity (Wildman–Crippen MR) is 111 cm³/mol. The number of rotatable bonds is 5. The zero-order valence-corrected chi connectivity index (χ0v) is 19.2. The van der Waals surface area contributed by atoms with Crippen LogP contribution in [0.2, 0.25) is 0 Å². The van der Waals surface area contributed by atoms with Crippen LogP contribution < -0.4 is 0 Å². The van der Waals surface area contributed by atoms with Gasteiger partial charge in [0.25, 0.3) is 0 Å². The molecule has 2 rings (SSSR count). The minimum absolute atomic E-state index is 0.0570. The Balaban J connectivity index is 1.91. The van der Waals surface area contributed by atoms with Crippen LogP contribution in [0.1, 0.15) is 80.1 Å². The number of amides is 2. The first-order valence-corrected chi connectivity index (χ1v) is 10.8. The van der Waals surface area contributed by atoms with E-state index in [1.807, 2.05) is 0 Å². The quantitative estimate of drug-likeness (QED) is 0.668. The second-order valence-electron chi connectivity index (χ2n) is 10.1. The molecule has 0 spiro atoms. The van der Waals surface area contributed by atoms with Gasteiger partial charge in [-0.2, -0.15) is 0 Å². The van der Waals surface area contributed by atoms with E-state index in [1.165, 1.54) is 9.80 Å². The second kappa shape index (κ2) is 9.35. The molecule has 0 saturated carbocycles. The van der Waals surface area contributed by atoms with Crippen LogP contribution in [0.4, 0.5) is 9.59 Å². The molecular formula is C22H36N2O6. The maximum Gasteiger partial charge on any atom is 0.410 e. The summed E-state index contributed by atoms with van der Waals surface area (Å²) >= 11 is 0. The van der Waals surface area contributed by atoms with Crippen LogP contribution in [0.3, 0.4) is 0 Å². The van der Waals surface area contributed by atoms with E-state index in [9.17, 15) is 19.2 Å². The Morgan fingerprint density at radius 3 is 1.33 bits per heavy atom. The van der Waals surface area contributed by atoms with E-state index in [4.69, 9.17) is 9.47 Å². The van der Waals surface area contributed by atoms with E-state index < -0.39 is 35.5 Å². The summed E-state index contributed by atoms with van der Waals surface area (Å²) < 4.78 is 10.8. The maximum absolute atomic E-state index is 12.7. The van der Waals surface area contributed by atoms with Gasteiger partial charge in [0.2, 0.25) is 0 Å². The van der Waals surface area contributed by atoms with Crippen molar-refractivity contribution in [2.24, 2.45) is 0 Å². The molecule has 2 fully saturated rings. The third-order valence-electron chi connectivity index (χ3n) is 5.12. The maximum atomic E-state index is 12.7. The molecule has 2 amide bonds. The number of carbonyl (C=O) groups excluding carboxylic acids is 4. The molecule has 0 aromatic carbocycles. The lowest BCUT2D eigenvalue weighted by Crippen LogP contribution is -2.44. The SMILES string of the molecule is CC(C)(C)OC(=O)N1CCC[C@@H]1C(=O)CCC(=O)[C@H]1CCCN1C(=O)OC(C)(C)C. The summed E-state index contributed by atoms with van der Waals surface area (Å²) in [7, 11) is 0. The van der Waals surface area contributed by atoms with E-state index >= 15 is 0 Å². The van der Waals surface area contributed by atoms with E-state index in [0.29, 0.717) is 25.9 Å². The van der Waals surface area contributed by atoms with Crippen molar-refractivity contribution < 1.29 is 28.7 Å². The van der Waals surface area contributed by atoms with Crippen LogP contribution >= 0.6 is 0 Å². The molecule has 0 aromatic rings. The summed E-state index contributed by atoms with van der Waals surface area (Å²) in [5.41, 5.74) is -1.26. The van der Waals surface area contributed by atoms with Crippen molar-refractivity contribution in [3.63, 3.8) is 0 Å². The average Bonchev–Trinajstić information content (AvgIpc) is 3.25. The Labute approximate surface area is 179 Å². The molecule has 0 unspecified atom stereocenters. The van der Waals surface area contributed by atoms with E-state index in [2.05, 4.69) is 0 Å². The molecule has 2 aliphatic rings. The number of ether oxygens (including phenoxy) is 2. The zero-order chi connectivity index (χ0) is 22.7. The van der Waals surface area contributed by atoms with Gasteiger partial charge < -0.3 is 9.47 Å². The number of nitrogens with zero attached hydrogens (tertiary/aromatic N) is 2. The lowest BCUT2D eigenvalue weighted by molar-refractivity contribution is -0.128. The highest BCUT2D eigenvalue weighted by atomic mass is 16.6. The summed E-state index contributed by atoms with van der Waals surface area (Å²) in [5, 5.41) is 0. The van der Waals surface area contributed by atoms with E-state index in [0.717, 1.165) is 12.8 Å². The van der Waals surface area contributed by atoms with Gasteiger partial charge in [-0.25, -0.2) is 9.59 Å². The lowest BCUT2D eigenvalue weighted by atomic mass is 10.00. The van der Waals surface area contributed by atoms with Crippen molar-refractivity contribution >= 4 is 23.8 Å². The number of hydrogen-bond donors (Lipinski definition) is 0. The monoisotopic (exact) mass is 424 g/mol. The number of likely N-dealkylation sites (tertiary alicyclic amines) is 2. The fourth-order valence-electron chi connectivity index (χ4n) is 3.86. The van der Waals surface area contributed by atoms with Crippen LogP contribution in [-0.4, -0.2) is 69.9 Å². The predicted octanol–water partition coefficient (Wildman–Crippen LogP) is 3.70. The molecule has 0 aliphatic carbocycles. The molecule has 2 heterocycles. The van der Waals surface area contributed by atoms with Crippen molar-refractivity contribution in [1.82, 2.24) is 9.80 Å². The van der Waals surface area contributed by atoms with Crippen molar-refractivity contribution in [2.75, 3.05) is 13.1 Å². The van der Waals surface area contributed by atoms with Crippen molar-refractivity contribution in [3.05, 3.63) is 0 Å². The Bertz CT molecular complexity index is 618. The third-order valence-corrected chi connectivity index (χ3v) is 5.12. The molecule has 170 valence electrons. The highest BCUT2D eigenvalue weighted by Crippen LogP contribution is 2.25. The van der Waals surface area contributed by atoms with Gasteiger partial charge in [-0.15, -0.1) is 0 Å². The second-order valence-corrected chi connectivity index (χ2v) is 10.1. The summed E-state index contributed by atoms with van der Waals surface area (Å²) in [6, 6.07) is -1.09. The van der Waals surface area contributed by atoms with Gasteiger partial charge in [0.05, 0.1) is 12.1 Å². The normalized spacial score (nSPS) is 22.2. The number of ketones is 2. The topological polar surface area (TPSA) is 93.2 Å². The van der Waals surface area contributed by atoms with Gasteiger partial charge in [-0.3, -0.25) is 19.4 Å². The smallest absolute Gasteiger partial charge is 0.410 e. The van der Waals surface area contributed by atoms with Crippen LogP contribution in [0.15, 0.2) is 0 Å². The largest absolute Gasteiger partial charge is 0.444 e. The summed E-state index contributed by atoms with van der Waals surface area (Å²) in [6.45, 7) is 11.7. The molecule has 0 N–H and O–H groups in total. The molecule has 2 saturated heterocycles. The van der Waals surface area contributed by atoms with E-state index in [-0.39, 0.29) is 24.4 Å². The standard InChI is InChI=1S/C22H36N2O6/c1-21(2,3)29-19(27)23-13-7-9-15(23)17(25)11-12-18(26)16-10-8-14-24(16)20(28)30-22(4,5)6/h15-16H,7-14H2,1-6H3/t15-,16-/m1/s1. The summed E-state index contributed by atoms with van der Waals surface area (Å²) in [5.74, 6) is -0.262. The molecule has 8 heteroatoms. The van der Waals surface area contributed by atoms with Gasteiger partial charge in [0, 0.05) is 25.9 Å². The minimum atomic E-state index is -0.628. The first-order valence-electron chi connectivity index (χ1n) is 10.8. The summed E-state index contributed by atoms with van der Waals surface area (Å²) in [6.07, 6.45) is 1.77. The third kappa shape index (κ3) is 6.71. The van der Waals surface area contributed by atoms with Gasteiger partial charge >= 0.3 is 12.2 Å². The fourth-order valence-corrected chi connectivity index (χ4v) is 3.86. The Morgan fingerprint density at radius 1 is 0.700 bits per heavy atom. The van der Waals surface area contributed by atoms with Crippen LogP contribution in [0.25, 0.3) is 0 Å². The lowest BCUT2D eigenvalue weighted by Gasteiger charge is -2.29. The van der Waals surface area contributed by atoms with Gasteiger partial charge in [-0.05, 0) is 67.2 Å². The van der Waals surface area contributed by atoms with Crippen molar-refractivity contribution in [3.8, 4) is 0 Å². The first kappa shape index (κ1) is 24.2. The Kier molecular flexibility index (Phi) is 7.53. The number of Topliss-reactive ketones (excluding diaryl/α,β-unsaturated/α-hetero) is 2. The highest BCUT2D eigenvalue weighted by Gasteiger charge is 2.39. The fraction of sp³-hybridized carbons (Fsp3) is 0.818. The Morgan fingerprint density at radius 2 is 1.03 bits per heavy atom. The van der Waals surface area contributed by atoms with Crippen LogP contribution in [-0.2, 0) is 19.1 Å². The van der Waals surface area contributed by atoms with Gasteiger partial charge in [0.1, 0.15) is 11.2 Å². The molecule has 30 heavy (non-hydrogen) atoms. The molecule has 2 atom stereocenters. The number of hydrogen-bond acceptors (Lipinski definition) is 6. The van der Waals surface area contributed by atoms with Crippen LogP contribution in [0, 0.1) is 0 Å². The van der Waals surface area contributed by atoms with Gasteiger partial charge in [0.15, 0.2) is 11.6 Å². The first-order chi connectivity index (χ1) is 13.8. The van der Waals surface area contributed by atoms with Crippen LogP contribution in [0.5, 0.6) is 0 Å². The van der Waals surface area contributed by atoms with E-state index in [1.54, 1.807) is 41.5 Å².